The number of hydrogen-bond acceptors (Lipinski definition) is 4. The number of carbonyl (C=O) groups excluding carboxylic acids is 2. The van der Waals surface area contributed by atoms with Gasteiger partial charge in [-0.1, -0.05) is 12.1 Å². The maximum absolute atomic E-state index is 12.1. The minimum atomic E-state index is -0.191. The molecule has 0 heterocycles. The van der Waals surface area contributed by atoms with E-state index in [9.17, 15) is 9.59 Å². The van der Waals surface area contributed by atoms with Crippen LogP contribution in [0.2, 0.25) is 0 Å². The molecule has 0 saturated carbocycles. The zero-order chi connectivity index (χ0) is 17.5. The third-order valence-corrected chi connectivity index (χ3v) is 3.27. The Hall–Kier alpha value is -3.02. The topological polar surface area (TPSA) is 79.5 Å². The van der Waals surface area contributed by atoms with E-state index >= 15 is 0 Å². The molecule has 0 spiro atoms. The predicted octanol–water partition coefficient (Wildman–Crippen LogP) is 3.01. The summed E-state index contributed by atoms with van der Waals surface area (Å²) in [5.74, 6) is 0.280. The lowest BCUT2D eigenvalue weighted by atomic mass is 10.2. The average Bonchev–Trinajstić information content (AvgIpc) is 2.53. The fourth-order valence-corrected chi connectivity index (χ4v) is 2.21. The van der Waals surface area contributed by atoms with Crippen LogP contribution in [0.1, 0.15) is 12.5 Å². The third kappa shape index (κ3) is 5.01. The summed E-state index contributed by atoms with van der Waals surface area (Å²) in [6, 6.07) is 12.8. The number of carbonyl (C=O) groups is 2. The Balaban J connectivity index is 1.96. The van der Waals surface area contributed by atoms with Gasteiger partial charge in [0.1, 0.15) is 5.75 Å². The Morgan fingerprint density at radius 3 is 2.50 bits per heavy atom. The van der Waals surface area contributed by atoms with Gasteiger partial charge < -0.3 is 20.7 Å². The first-order valence-electron chi connectivity index (χ1n) is 7.54. The van der Waals surface area contributed by atoms with Crippen LogP contribution in [-0.4, -0.2) is 25.5 Å². The molecule has 0 aliphatic rings. The first-order chi connectivity index (χ1) is 11.5. The van der Waals surface area contributed by atoms with Gasteiger partial charge in [0.25, 0.3) is 0 Å². The molecule has 0 fully saturated rings. The summed E-state index contributed by atoms with van der Waals surface area (Å²) in [4.78, 5) is 23.2. The Kier molecular flexibility index (Phi) is 5.78. The number of aryl methyl sites for hydroxylation is 1. The highest BCUT2D eigenvalue weighted by Crippen LogP contribution is 2.25. The fraction of sp³-hybridized carbons (Fsp3) is 0.222. The Bertz CT molecular complexity index is 744. The smallest absolute Gasteiger partial charge is 0.243 e. The number of ether oxygens (including phenoxy) is 1. The molecule has 2 rings (SSSR count). The molecule has 2 amide bonds. The van der Waals surface area contributed by atoms with Crippen LogP contribution in [0, 0.1) is 6.92 Å². The van der Waals surface area contributed by atoms with Crippen LogP contribution in [-0.2, 0) is 9.59 Å². The van der Waals surface area contributed by atoms with Gasteiger partial charge in [0.05, 0.1) is 19.3 Å². The van der Waals surface area contributed by atoms with Crippen LogP contribution >= 0.6 is 0 Å². The van der Waals surface area contributed by atoms with Crippen molar-refractivity contribution in [2.24, 2.45) is 0 Å². The molecule has 0 radical (unpaired) electrons. The summed E-state index contributed by atoms with van der Waals surface area (Å²) in [6.45, 7) is 3.49. The van der Waals surface area contributed by atoms with Crippen LogP contribution in [0.3, 0.4) is 0 Å². The molecule has 6 heteroatoms. The maximum atomic E-state index is 12.1. The summed E-state index contributed by atoms with van der Waals surface area (Å²) < 4.78 is 5.24. The lowest BCUT2D eigenvalue weighted by molar-refractivity contribution is -0.115. The average molecular weight is 327 g/mol. The van der Waals surface area contributed by atoms with Crippen LogP contribution in [0.15, 0.2) is 42.5 Å². The summed E-state index contributed by atoms with van der Waals surface area (Å²) in [5.41, 5.74) is 3.08. The van der Waals surface area contributed by atoms with Crippen molar-refractivity contribution in [2.75, 3.05) is 29.6 Å². The van der Waals surface area contributed by atoms with Crippen molar-refractivity contribution in [3.05, 3.63) is 48.0 Å². The molecule has 0 atom stereocenters. The van der Waals surface area contributed by atoms with Crippen LogP contribution in [0.25, 0.3) is 0 Å². The van der Waals surface area contributed by atoms with Crippen molar-refractivity contribution in [1.82, 2.24) is 0 Å². The lowest BCUT2D eigenvalue weighted by Crippen LogP contribution is -2.22. The molecule has 0 saturated heterocycles. The molecule has 2 aromatic carbocycles. The molecule has 6 nitrogen and oxygen atoms in total. The van der Waals surface area contributed by atoms with Crippen molar-refractivity contribution < 1.29 is 14.3 Å². The molecule has 0 bridgehead atoms. The van der Waals surface area contributed by atoms with E-state index in [-0.39, 0.29) is 18.4 Å². The normalized spacial score (nSPS) is 9.96. The van der Waals surface area contributed by atoms with Crippen molar-refractivity contribution in [3.8, 4) is 5.75 Å². The van der Waals surface area contributed by atoms with Gasteiger partial charge in [-0.25, -0.2) is 0 Å². The SMILES string of the molecule is COc1ccc(C)cc1NC(=O)CNc1cccc(NC(C)=O)c1. The maximum Gasteiger partial charge on any atom is 0.243 e. The second kappa shape index (κ2) is 8.01. The van der Waals surface area contributed by atoms with Crippen molar-refractivity contribution in [2.45, 2.75) is 13.8 Å². The molecule has 126 valence electrons. The van der Waals surface area contributed by atoms with Gasteiger partial charge in [-0.2, -0.15) is 0 Å². The van der Waals surface area contributed by atoms with Gasteiger partial charge in [0.15, 0.2) is 0 Å². The molecule has 0 unspecified atom stereocenters. The van der Waals surface area contributed by atoms with E-state index in [0.717, 1.165) is 11.3 Å². The summed E-state index contributed by atoms with van der Waals surface area (Å²) in [5, 5.41) is 8.55. The Morgan fingerprint density at radius 2 is 1.79 bits per heavy atom. The summed E-state index contributed by atoms with van der Waals surface area (Å²) >= 11 is 0. The highest BCUT2D eigenvalue weighted by atomic mass is 16.5. The van der Waals surface area contributed by atoms with Gasteiger partial charge >= 0.3 is 0 Å². The van der Waals surface area contributed by atoms with Crippen molar-refractivity contribution in [3.63, 3.8) is 0 Å². The Labute approximate surface area is 141 Å². The minimum absolute atomic E-state index is 0.0978. The van der Waals surface area contributed by atoms with Gasteiger partial charge in [0, 0.05) is 18.3 Å². The molecule has 0 aliphatic carbocycles. The number of methoxy groups -OCH3 is 1. The first kappa shape index (κ1) is 17.3. The molecular weight excluding hydrogens is 306 g/mol. The number of nitrogens with one attached hydrogen (secondary N) is 3. The van der Waals surface area contributed by atoms with Gasteiger partial charge in [-0.05, 0) is 42.8 Å². The minimum Gasteiger partial charge on any atom is -0.495 e. The van der Waals surface area contributed by atoms with Crippen molar-refractivity contribution >= 4 is 28.9 Å². The van der Waals surface area contributed by atoms with Crippen LogP contribution in [0.4, 0.5) is 17.1 Å². The quantitative estimate of drug-likeness (QED) is 0.762. The van der Waals surface area contributed by atoms with Gasteiger partial charge in [-0.15, -0.1) is 0 Å². The zero-order valence-corrected chi connectivity index (χ0v) is 14.0. The second-order valence-electron chi connectivity index (χ2n) is 5.37. The van der Waals surface area contributed by atoms with E-state index in [2.05, 4.69) is 16.0 Å². The highest BCUT2D eigenvalue weighted by molar-refractivity contribution is 5.95. The predicted molar refractivity (Wildman–Crippen MR) is 95.6 cm³/mol. The summed E-state index contributed by atoms with van der Waals surface area (Å²) in [7, 11) is 1.56. The lowest BCUT2D eigenvalue weighted by Gasteiger charge is -2.12. The number of hydrogen-bond donors (Lipinski definition) is 3. The van der Waals surface area contributed by atoms with E-state index in [1.165, 1.54) is 6.92 Å². The monoisotopic (exact) mass is 327 g/mol. The first-order valence-corrected chi connectivity index (χ1v) is 7.54. The van der Waals surface area contributed by atoms with Crippen LogP contribution < -0.4 is 20.7 Å². The number of benzene rings is 2. The van der Waals surface area contributed by atoms with E-state index in [1.54, 1.807) is 25.3 Å². The largest absolute Gasteiger partial charge is 0.495 e. The molecular formula is C18H21N3O3. The second-order valence-corrected chi connectivity index (χ2v) is 5.37. The number of amides is 2. The van der Waals surface area contributed by atoms with E-state index in [4.69, 9.17) is 4.74 Å². The summed E-state index contributed by atoms with van der Waals surface area (Å²) in [6.07, 6.45) is 0. The molecule has 0 aliphatic heterocycles. The van der Waals surface area contributed by atoms with E-state index in [1.807, 2.05) is 31.2 Å². The Morgan fingerprint density at radius 1 is 1.04 bits per heavy atom. The number of rotatable bonds is 6. The molecule has 2 aromatic rings. The third-order valence-electron chi connectivity index (χ3n) is 3.27. The molecule has 24 heavy (non-hydrogen) atoms. The van der Waals surface area contributed by atoms with Gasteiger partial charge in [-0.3, -0.25) is 9.59 Å². The van der Waals surface area contributed by atoms with E-state index in [0.29, 0.717) is 17.1 Å². The molecule has 0 aromatic heterocycles. The van der Waals surface area contributed by atoms with Crippen LogP contribution in [0.5, 0.6) is 5.75 Å². The zero-order valence-electron chi connectivity index (χ0n) is 14.0. The highest BCUT2D eigenvalue weighted by Gasteiger charge is 2.08. The fourth-order valence-electron chi connectivity index (χ4n) is 2.21. The standard InChI is InChI=1S/C18H21N3O3/c1-12-7-8-17(24-3)16(9-12)21-18(23)11-19-14-5-4-6-15(10-14)20-13(2)22/h4-10,19H,11H2,1-3H3,(H,20,22)(H,21,23). The van der Waals surface area contributed by atoms with E-state index < -0.39 is 0 Å². The number of anilines is 3. The van der Waals surface area contributed by atoms with Crippen molar-refractivity contribution in [1.29, 1.82) is 0 Å². The van der Waals surface area contributed by atoms with Gasteiger partial charge in [0.2, 0.25) is 11.8 Å². The molecule has 3 N–H and O–H groups in total.